The third kappa shape index (κ3) is 8.25. The van der Waals surface area contributed by atoms with Gasteiger partial charge in [-0.2, -0.15) is 0 Å². The molecule has 3 aromatic carbocycles. The SMILES string of the molecule is CC(C)c1cc(F)ccc1N1CCCSC1=NC(O)NC(C)C(C)c1ccc(-c2ncn(-c3ccc(OC(F)(F)F)cc3)n2)cc1. The fourth-order valence-electron chi connectivity index (χ4n) is 5.19. The molecule has 1 aromatic heterocycles. The van der Waals surface area contributed by atoms with Gasteiger partial charge in [0.1, 0.15) is 17.9 Å². The molecule has 1 fully saturated rings. The van der Waals surface area contributed by atoms with Crippen molar-refractivity contribution in [1.82, 2.24) is 20.1 Å². The Labute approximate surface area is 269 Å². The van der Waals surface area contributed by atoms with Gasteiger partial charge in [-0.25, -0.2) is 19.0 Å². The summed E-state index contributed by atoms with van der Waals surface area (Å²) in [4.78, 5) is 11.0. The molecule has 3 unspecified atom stereocenters. The highest BCUT2D eigenvalue weighted by Gasteiger charge is 2.31. The normalized spacial score (nSPS) is 16.9. The molecule has 0 amide bonds. The van der Waals surface area contributed by atoms with E-state index in [1.54, 1.807) is 23.9 Å². The third-order valence-electron chi connectivity index (χ3n) is 7.81. The van der Waals surface area contributed by atoms with Crippen LogP contribution in [0.1, 0.15) is 57.1 Å². The van der Waals surface area contributed by atoms with Gasteiger partial charge in [0, 0.05) is 29.6 Å². The van der Waals surface area contributed by atoms with E-state index in [0.29, 0.717) is 16.7 Å². The van der Waals surface area contributed by atoms with Crippen LogP contribution in [0.3, 0.4) is 0 Å². The first kappa shape index (κ1) is 33.4. The number of anilines is 1. The molecular formula is C33H36F4N6O2S. The van der Waals surface area contributed by atoms with Crippen LogP contribution in [0.2, 0.25) is 0 Å². The first-order valence-corrected chi connectivity index (χ1v) is 16.0. The van der Waals surface area contributed by atoms with Gasteiger partial charge >= 0.3 is 6.36 Å². The number of aromatic nitrogens is 3. The van der Waals surface area contributed by atoms with E-state index in [1.807, 2.05) is 45.0 Å². The molecule has 1 saturated heterocycles. The van der Waals surface area contributed by atoms with E-state index in [2.05, 4.69) is 37.0 Å². The fourth-order valence-corrected chi connectivity index (χ4v) is 6.17. The Balaban J connectivity index is 1.22. The largest absolute Gasteiger partial charge is 0.573 e. The smallest absolute Gasteiger partial charge is 0.406 e. The van der Waals surface area contributed by atoms with Crippen molar-refractivity contribution in [2.45, 2.75) is 64.7 Å². The first-order chi connectivity index (χ1) is 21.9. The van der Waals surface area contributed by atoms with Gasteiger partial charge in [-0.15, -0.1) is 18.3 Å². The number of nitrogens with one attached hydrogen (secondary N) is 1. The number of benzene rings is 3. The molecule has 0 radical (unpaired) electrons. The van der Waals surface area contributed by atoms with E-state index in [4.69, 9.17) is 0 Å². The van der Waals surface area contributed by atoms with Gasteiger partial charge in [0.25, 0.3) is 0 Å². The van der Waals surface area contributed by atoms with Crippen LogP contribution >= 0.6 is 11.8 Å². The maximum absolute atomic E-state index is 14.0. The zero-order valence-electron chi connectivity index (χ0n) is 25.9. The molecule has 46 heavy (non-hydrogen) atoms. The number of aliphatic hydroxyl groups is 1. The zero-order valence-corrected chi connectivity index (χ0v) is 26.7. The maximum Gasteiger partial charge on any atom is 0.573 e. The van der Waals surface area contributed by atoms with Gasteiger partial charge in [0.15, 0.2) is 11.0 Å². The Morgan fingerprint density at radius 2 is 1.72 bits per heavy atom. The average Bonchev–Trinajstić information content (AvgIpc) is 3.51. The summed E-state index contributed by atoms with van der Waals surface area (Å²) in [7, 11) is 0. The highest BCUT2D eigenvalue weighted by molar-refractivity contribution is 8.14. The highest BCUT2D eigenvalue weighted by atomic mass is 32.2. The van der Waals surface area contributed by atoms with E-state index in [-0.39, 0.29) is 29.4 Å². The molecule has 4 aromatic rings. The van der Waals surface area contributed by atoms with Crippen molar-refractivity contribution in [3.63, 3.8) is 0 Å². The number of rotatable bonds is 10. The second-order valence-electron chi connectivity index (χ2n) is 11.4. The standard InChI is InChI=1S/C33H36F4N6O2S/c1-20(2)28-18-25(34)10-15-29(28)42-16-5-17-46-32(42)40-31(44)39-22(4)21(3)23-6-8-24(9-7-23)30-38-19-43(41-30)26-11-13-27(14-12-26)45-33(35,36)37/h6-15,18-22,31,39,44H,5,16-17H2,1-4H3. The van der Waals surface area contributed by atoms with Gasteiger partial charge in [-0.05, 0) is 78.8 Å². The van der Waals surface area contributed by atoms with Crippen LogP contribution in [0.25, 0.3) is 17.1 Å². The van der Waals surface area contributed by atoms with E-state index >= 15 is 0 Å². The molecular weight excluding hydrogens is 620 g/mol. The van der Waals surface area contributed by atoms with Gasteiger partial charge in [0.05, 0.1) is 5.69 Å². The van der Waals surface area contributed by atoms with Crippen molar-refractivity contribution in [3.05, 3.63) is 90.0 Å². The number of alkyl halides is 3. The predicted octanol–water partition coefficient (Wildman–Crippen LogP) is 7.45. The van der Waals surface area contributed by atoms with E-state index < -0.39 is 12.7 Å². The Hall–Kier alpha value is -3.94. The summed E-state index contributed by atoms with van der Waals surface area (Å²) in [5, 5.41) is 19.3. The van der Waals surface area contributed by atoms with Crippen LogP contribution in [-0.4, -0.2) is 56.1 Å². The molecule has 0 saturated carbocycles. The molecule has 1 aliphatic rings. The molecule has 2 N–H and O–H groups in total. The summed E-state index contributed by atoms with van der Waals surface area (Å²) < 4.78 is 56.8. The van der Waals surface area contributed by atoms with Crippen LogP contribution in [0.4, 0.5) is 23.2 Å². The second-order valence-corrected chi connectivity index (χ2v) is 12.5. The molecule has 8 nitrogen and oxygen atoms in total. The van der Waals surface area contributed by atoms with Crippen molar-refractivity contribution >= 4 is 22.6 Å². The van der Waals surface area contributed by atoms with Crippen molar-refractivity contribution < 1.29 is 27.4 Å². The van der Waals surface area contributed by atoms with Crippen LogP contribution in [0, 0.1) is 5.82 Å². The van der Waals surface area contributed by atoms with Crippen LogP contribution in [0.15, 0.2) is 78.0 Å². The number of thioether (sulfide) groups is 1. The Morgan fingerprint density at radius 1 is 1.00 bits per heavy atom. The van der Waals surface area contributed by atoms with Crippen LogP contribution in [0.5, 0.6) is 5.75 Å². The van der Waals surface area contributed by atoms with Gasteiger partial charge < -0.3 is 14.7 Å². The highest BCUT2D eigenvalue weighted by Crippen LogP contribution is 2.33. The van der Waals surface area contributed by atoms with Gasteiger partial charge in [0.2, 0.25) is 6.35 Å². The average molecular weight is 657 g/mol. The van der Waals surface area contributed by atoms with Crippen LogP contribution < -0.4 is 15.0 Å². The molecule has 5 rings (SSSR count). The lowest BCUT2D eigenvalue weighted by molar-refractivity contribution is -0.274. The third-order valence-corrected chi connectivity index (χ3v) is 8.88. The number of nitrogens with zero attached hydrogens (tertiary/aromatic N) is 5. The summed E-state index contributed by atoms with van der Waals surface area (Å²) in [6, 6.07) is 17.8. The molecule has 0 bridgehead atoms. The van der Waals surface area contributed by atoms with Gasteiger partial charge in [-0.3, -0.25) is 5.32 Å². The van der Waals surface area contributed by atoms with Crippen molar-refractivity contribution in [3.8, 4) is 22.8 Å². The predicted molar refractivity (Wildman–Crippen MR) is 173 cm³/mol. The summed E-state index contributed by atoms with van der Waals surface area (Å²) in [6.07, 6.45) is -3.44. The van der Waals surface area contributed by atoms with E-state index in [9.17, 15) is 22.7 Å². The van der Waals surface area contributed by atoms with Gasteiger partial charge in [-0.1, -0.05) is 56.8 Å². The fraction of sp³-hybridized carbons (Fsp3) is 0.364. The van der Waals surface area contributed by atoms with Crippen molar-refractivity contribution in [2.24, 2.45) is 4.99 Å². The lowest BCUT2D eigenvalue weighted by atomic mass is 9.93. The Morgan fingerprint density at radius 3 is 2.39 bits per heavy atom. The minimum absolute atomic E-state index is 0.0200. The minimum atomic E-state index is -4.76. The quantitative estimate of drug-likeness (QED) is 0.135. The lowest BCUT2D eigenvalue weighted by Gasteiger charge is -2.33. The summed E-state index contributed by atoms with van der Waals surface area (Å²) in [5.41, 5.74) is 4.15. The van der Waals surface area contributed by atoms with Crippen LogP contribution in [-0.2, 0) is 0 Å². The minimum Gasteiger partial charge on any atom is -0.406 e. The number of aliphatic imine (C=N–C) groups is 1. The molecule has 0 aliphatic carbocycles. The van der Waals surface area contributed by atoms with E-state index in [0.717, 1.165) is 41.1 Å². The number of ether oxygens (including phenoxy) is 1. The topological polar surface area (TPSA) is 87.8 Å². The van der Waals surface area contributed by atoms with E-state index in [1.165, 1.54) is 41.3 Å². The first-order valence-electron chi connectivity index (χ1n) is 15.0. The molecule has 244 valence electrons. The molecule has 2 heterocycles. The molecule has 13 heteroatoms. The zero-order chi connectivity index (χ0) is 33.0. The lowest BCUT2D eigenvalue weighted by Crippen LogP contribution is -2.41. The summed E-state index contributed by atoms with van der Waals surface area (Å²) in [6.45, 7) is 8.84. The molecule has 0 spiro atoms. The number of hydrogen-bond donors (Lipinski definition) is 2. The monoisotopic (exact) mass is 656 g/mol. The number of amidine groups is 1. The van der Waals surface area contributed by atoms with Crippen molar-refractivity contribution in [1.29, 1.82) is 0 Å². The molecule has 1 aliphatic heterocycles. The number of halogens is 4. The second kappa shape index (κ2) is 14.2. The summed E-state index contributed by atoms with van der Waals surface area (Å²) >= 11 is 1.58. The molecule has 3 atom stereocenters. The Kier molecular flexibility index (Phi) is 10.3. The summed E-state index contributed by atoms with van der Waals surface area (Å²) in [5.74, 6) is 0.907. The maximum atomic E-state index is 14.0. The number of hydrogen-bond acceptors (Lipinski definition) is 7. The number of aliphatic hydroxyl groups excluding tert-OH is 1. The van der Waals surface area contributed by atoms with Crippen molar-refractivity contribution in [2.75, 3.05) is 17.2 Å². The Bertz CT molecular complexity index is 1640.